The van der Waals surface area contributed by atoms with Crippen molar-refractivity contribution in [3.63, 3.8) is 0 Å². The number of rotatable bonds is 7. The Morgan fingerprint density at radius 3 is 2.50 bits per heavy atom. The summed E-state index contributed by atoms with van der Waals surface area (Å²) in [4.78, 5) is 25.7. The standard InChI is InChI=1S/C20H25FN4O3/c1-14-20(25(27)28)15(2)24(22-14)13-19(26)23(18-5-3-4-6-18)12-11-16-7-9-17(21)10-8-16/h7-10,18H,3-6,11-13H2,1-2H3. The van der Waals surface area contributed by atoms with Crippen LogP contribution in [0.25, 0.3) is 0 Å². The molecule has 1 aromatic carbocycles. The maximum Gasteiger partial charge on any atom is 0.312 e. The summed E-state index contributed by atoms with van der Waals surface area (Å²) in [5, 5.41) is 15.4. The Bertz CT molecular complexity index is 857. The molecule has 2 aromatic rings. The second-order valence-corrected chi connectivity index (χ2v) is 7.34. The number of benzene rings is 1. The molecule has 1 aliphatic carbocycles. The van der Waals surface area contributed by atoms with Gasteiger partial charge in [-0.3, -0.25) is 19.6 Å². The molecule has 1 fully saturated rings. The first kappa shape index (κ1) is 20.0. The maximum absolute atomic E-state index is 13.1. The van der Waals surface area contributed by atoms with Crippen LogP contribution in [0.4, 0.5) is 10.1 Å². The first-order valence-corrected chi connectivity index (χ1v) is 9.59. The molecule has 7 nitrogen and oxygen atoms in total. The van der Waals surface area contributed by atoms with Gasteiger partial charge in [-0.15, -0.1) is 0 Å². The zero-order valence-corrected chi connectivity index (χ0v) is 16.2. The summed E-state index contributed by atoms with van der Waals surface area (Å²) in [6.45, 7) is 3.72. The molecule has 0 spiro atoms. The van der Waals surface area contributed by atoms with Gasteiger partial charge in [-0.2, -0.15) is 5.10 Å². The Labute approximate surface area is 163 Å². The molecule has 1 aliphatic rings. The van der Waals surface area contributed by atoms with Crippen molar-refractivity contribution in [1.29, 1.82) is 0 Å². The molecule has 1 aromatic heterocycles. The van der Waals surface area contributed by atoms with Crippen LogP contribution in [0.3, 0.4) is 0 Å². The maximum atomic E-state index is 13.1. The Kier molecular flexibility index (Phi) is 6.06. The number of aromatic nitrogens is 2. The Hall–Kier alpha value is -2.77. The quantitative estimate of drug-likeness (QED) is 0.536. The monoisotopic (exact) mass is 388 g/mol. The van der Waals surface area contributed by atoms with Crippen LogP contribution in [0.5, 0.6) is 0 Å². The van der Waals surface area contributed by atoms with Gasteiger partial charge in [0.05, 0.1) is 4.92 Å². The van der Waals surface area contributed by atoms with E-state index < -0.39 is 4.92 Å². The van der Waals surface area contributed by atoms with Crippen LogP contribution < -0.4 is 0 Å². The van der Waals surface area contributed by atoms with E-state index in [1.807, 2.05) is 4.90 Å². The minimum atomic E-state index is -0.456. The van der Waals surface area contributed by atoms with Crippen molar-refractivity contribution in [2.75, 3.05) is 6.54 Å². The van der Waals surface area contributed by atoms with E-state index in [1.165, 1.54) is 16.8 Å². The molecule has 0 radical (unpaired) electrons. The van der Waals surface area contributed by atoms with E-state index in [1.54, 1.807) is 26.0 Å². The predicted molar refractivity (Wildman–Crippen MR) is 102 cm³/mol. The molecule has 150 valence electrons. The normalized spacial score (nSPS) is 14.4. The fourth-order valence-electron chi connectivity index (χ4n) is 3.95. The molecule has 0 aliphatic heterocycles. The third kappa shape index (κ3) is 4.37. The van der Waals surface area contributed by atoms with Crippen LogP contribution in [-0.4, -0.2) is 38.1 Å². The minimum Gasteiger partial charge on any atom is -0.338 e. The van der Waals surface area contributed by atoms with Crippen molar-refractivity contribution in [2.24, 2.45) is 0 Å². The lowest BCUT2D eigenvalue weighted by molar-refractivity contribution is -0.386. The van der Waals surface area contributed by atoms with E-state index in [4.69, 9.17) is 0 Å². The second kappa shape index (κ2) is 8.50. The Balaban J connectivity index is 1.74. The van der Waals surface area contributed by atoms with Crippen LogP contribution in [0.1, 0.15) is 42.6 Å². The Morgan fingerprint density at radius 1 is 1.29 bits per heavy atom. The number of carbonyl (C=O) groups excluding carboxylic acids is 1. The van der Waals surface area contributed by atoms with Crippen molar-refractivity contribution in [2.45, 2.75) is 58.5 Å². The van der Waals surface area contributed by atoms with Gasteiger partial charge in [-0.25, -0.2) is 4.39 Å². The van der Waals surface area contributed by atoms with E-state index in [2.05, 4.69) is 5.10 Å². The van der Waals surface area contributed by atoms with Crippen molar-refractivity contribution in [1.82, 2.24) is 14.7 Å². The highest BCUT2D eigenvalue weighted by atomic mass is 19.1. The number of hydrogen-bond donors (Lipinski definition) is 0. The van der Waals surface area contributed by atoms with E-state index in [-0.39, 0.29) is 30.0 Å². The van der Waals surface area contributed by atoms with Gasteiger partial charge in [0.1, 0.15) is 23.7 Å². The van der Waals surface area contributed by atoms with Gasteiger partial charge in [0, 0.05) is 12.6 Å². The molecule has 0 unspecified atom stereocenters. The van der Waals surface area contributed by atoms with Gasteiger partial charge < -0.3 is 4.90 Å². The van der Waals surface area contributed by atoms with Crippen LogP contribution in [0, 0.1) is 29.8 Å². The molecular weight excluding hydrogens is 363 g/mol. The van der Waals surface area contributed by atoms with E-state index in [9.17, 15) is 19.3 Å². The number of hydrogen-bond acceptors (Lipinski definition) is 4. The molecule has 0 N–H and O–H groups in total. The number of aryl methyl sites for hydroxylation is 1. The zero-order chi connectivity index (χ0) is 20.3. The summed E-state index contributed by atoms with van der Waals surface area (Å²) >= 11 is 0. The summed E-state index contributed by atoms with van der Waals surface area (Å²) in [7, 11) is 0. The van der Waals surface area contributed by atoms with E-state index in [0.29, 0.717) is 24.4 Å². The highest BCUT2D eigenvalue weighted by Gasteiger charge is 2.29. The van der Waals surface area contributed by atoms with Gasteiger partial charge in [0.15, 0.2) is 0 Å². The largest absolute Gasteiger partial charge is 0.338 e. The molecule has 1 amide bonds. The smallest absolute Gasteiger partial charge is 0.312 e. The van der Waals surface area contributed by atoms with Crippen LogP contribution in [0.15, 0.2) is 24.3 Å². The van der Waals surface area contributed by atoms with Gasteiger partial charge in [-0.1, -0.05) is 25.0 Å². The summed E-state index contributed by atoms with van der Waals surface area (Å²) < 4.78 is 14.5. The predicted octanol–water partition coefficient (Wildman–Crippen LogP) is 3.56. The second-order valence-electron chi connectivity index (χ2n) is 7.34. The summed E-state index contributed by atoms with van der Waals surface area (Å²) in [5.41, 5.74) is 1.64. The van der Waals surface area contributed by atoms with Gasteiger partial charge in [0.2, 0.25) is 5.91 Å². The lowest BCUT2D eigenvalue weighted by Crippen LogP contribution is -2.42. The first-order valence-electron chi connectivity index (χ1n) is 9.59. The SMILES string of the molecule is Cc1nn(CC(=O)N(CCc2ccc(F)cc2)C2CCCC2)c(C)c1[N+](=O)[O-]. The molecule has 1 heterocycles. The number of amides is 1. The number of nitro groups is 1. The van der Waals surface area contributed by atoms with Crippen LogP contribution in [-0.2, 0) is 17.8 Å². The highest BCUT2D eigenvalue weighted by Crippen LogP contribution is 2.25. The zero-order valence-electron chi connectivity index (χ0n) is 16.2. The van der Waals surface area contributed by atoms with Gasteiger partial charge in [-0.05, 0) is 50.8 Å². The van der Waals surface area contributed by atoms with Crippen molar-refractivity contribution in [3.05, 3.63) is 57.1 Å². The summed E-state index contributed by atoms with van der Waals surface area (Å²) in [6, 6.07) is 6.49. The average molecular weight is 388 g/mol. The summed E-state index contributed by atoms with van der Waals surface area (Å²) in [5.74, 6) is -0.367. The van der Waals surface area contributed by atoms with E-state index >= 15 is 0 Å². The molecule has 1 saturated carbocycles. The fourth-order valence-corrected chi connectivity index (χ4v) is 3.95. The molecule has 0 atom stereocenters. The van der Waals surface area contributed by atoms with Crippen molar-refractivity contribution in [3.8, 4) is 0 Å². The third-order valence-electron chi connectivity index (χ3n) is 5.45. The van der Waals surface area contributed by atoms with Crippen molar-refractivity contribution < 1.29 is 14.1 Å². The number of halogens is 1. The van der Waals surface area contributed by atoms with Crippen LogP contribution in [0.2, 0.25) is 0 Å². The average Bonchev–Trinajstić information content (AvgIpc) is 3.25. The number of nitrogens with zero attached hydrogens (tertiary/aromatic N) is 4. The molecule has 0 bridgehead atoms. The van der Waals surface area contributed by atoms with Gasteiger partial charge >= 0.3 is 5.69 Å². The lowest BCUT2D eigenvalue weighted by atomic mass is 10.1. The third-order valence-corrected chi connectivity index (χ3v) is 5.45. The number of carbonyl (C=O) groups is 1. The molecule has 8 heteroatoms. The highest BCUT2D eigenvalue weighted by molar-refractivity contribution is 5.76. The topological polar surface area (TPSA) is 81.3 Å². The fraction of sp³-hybridized carbons (Fsp3) is 0.500. The van der Waals surface area contributed by atoms with Crippen LogP contribution >= 0.6 is 0 Å². The first-order chi connectivity index (χ1) is 13.4. The molecule has 0 saturated heterocycles. The lowest BCUT2D eigenvalue weighted by Gasteiger charge is -2.29. The minimum absolute atomic E-state index is 0.0135. The molecule has 3 rings (SSSR count). The Morgan fingerprint density at radius 2 is 1.93 bits per heavy atom. The molecule has 28 heavy (non-hydrogen) atoms. The van der Waals surface area contributed by atoms with E-state index in [0.717, 1.165) is 31.2 Å². The van der Waals surface area contributed by atoms with Gasteiger partial charge in [0.25, 0.3) is 0 Å². The molecular formula is C20H25FN4O3. The van der Waals surface area contributed by atoms with Crippen molar-refractivity contribution >= 4 is 11.6 Å². The summed E-state index contributed by atoms with van der Waals surface area (Å²) in [6.07, 6.45) is 4.76.